The third-order valence-corrected chi connectivity index (χ3v) is 13.5. The number of rotatable bonds is 9. The van der Waals surface area contributed by atoms with Crippen molar-refractivity contribution in [3.05, 3.63) is 58.0 Å². The van der Waals surface area contributed by atoms with E-state index in [1.807, 2.05) is 6.07 Å². The molecule has 1 unspecified atom stereocenters. The molecular weight excluding hydrogens is 660 g/mol. The number of hydrogen-bond acceptors (Lipinski definition) is 13. The van der Waals surface area contributed by atoms with E-state index in [1.54, 1.807) is 38.1 Å². The molecule has 0 aliphatic carbocycles. The average Bonchev–Trinajstić information content (AvgIpc) is 3.54. The second-order valence-corrected chi connectivity index (χ2v) is 17.2. The van der Waals surface area contributed by atoms with Crippen LogP contribution in [0.15, 0.2) is 44.0 Å². The molecule has 2 aromatic rings. The maximum atomic E-state index is 13.3. The maximum Gasteiger partial charge on any atom is 0.519 e. The van der Waals surface area contributed by atoms with Crippen molar-refractivity contribution in [1.29, 1.82) is 0 Å². The summed E-state index contributed by atoms with van der Waals surface area (Å²) in [5.74, 6) is -4.97. The Kier molecular flexibility index (Phi) is 7.83. The number of nitrogens with one attached hydrogen (secondary N) is 1. The smallest absolute Gasteiger partial charge is 0.456 e. The topological polar surface area (TPSA) is 227 Å². The van der Waals surface area contributed by atoms with Gasteiger partial charge in [0.05, 0.1) is 11.2 Å². The van der Waals surface area contributed by atoms with Crippen LogP contribution < -0.4 is 16.9 Å². The molecule has 47 heavy (non-hydrogen) atoms. The summed E-state index contributed by atoms with van der Waals surface area (Å²) in [5.41, 5.74) is 4.59. The Morgan fingerprint density at radius 3 is 2.13 bits per heavy atom. The lowest BCUT2D eigenvalue weighted by atomic mass is 9.95. The molecule has 1 aromatic heterocycles. The second-order valence-electron chi connectivity index (χ2n) is 12.7. The third-order valence-electron chi connectivity index (χ3n) is 9.09. The number of nitrogens with zero attached hydrogens (tertiary/aromatic N) is 2. The van der Waals surface area contributed by atoms with Crippen LogP contribution in [0, 0.1) is 0 Å². The number of hydrogen-bond donors (Lipinski definition) is 2. The molecule has 0 spiro atoms. The quantitative estimate of drug-likeness (QED) is 0.237. The molecule has 4 fully saturated rings. The van der Waals surface area contributed by atoms with E-state index < -0.39 is 103 Å². The third kappa shape index (κ3) is 5.12. The molecule has 0 bridgehead atoms. The zero-order chi connectivity index (χ0) is 34.2. The highest BCUT2D eigenvalue weighted by molar-refractivity contribution is 8.01. The highest BCUT2D eigenvalue weighted by Gasteiger charge is 2.68. The van der Waals surface area contributed by atoms with Crippen molar-refractivity contribution >= 4 is 51.3 Å². The summed E-state index contributed by atoms with van der Waals surface area (Å²) in [6.07, 6.45) is -0.220. The Bertz CT molecular complexity index is 1840. The molecule has 6 atom stereocenters. The van der Waals surface area contributed by atoms with Gasteiger partial charge in [-0.2, -0.15) is 0 Å². The standard InChI is InChI=1S/C29H32N4O12S2/c1-28(2)20(33-23(36)19(24(33)46-28)31-22(35)18(30)13-8-6-5-7-9-13)25(37)42-11-14-15(45-27(39)44-14)12-43-26(38)21-29(3,4)47(40,41)17-10-16(34)32(17)21/h5-9,17-21,24H,10-12,30H2,1-4H3,(H,31,35)/p+1/t17-,18?,19-,20+,21+,24-/m1/s1. The molecule has 5 heterocycles. The Morgan fingerprint density at radius 1 is 0.979 bits per heavy atom. The summed E-state index contributed by atoms with van der Waals surface area (Å²) in [6.45, 7) is 4.88. The molecule has 3 amide bonds. The van der Waals surface area contributed by atoms with Crippen molar-refractivity contribution in [2.24, 2.45) is 0 Å². The van der Waals surface area contributed by atoms with Crippen LogP contribution in [0.3, 0.4) is 0 Å². The first-order valence-electron chi connectivity index (χ1n) is 14.7. The molecule has 4 aliphatic rings. The van der Waals surface area contributed by atoms with Gasteiger partial charge in [0.25, 0.3) is 5.91 Å². The summed E-state index contributed by atoms with van der Waals surface area (Å²) in [5, 5.41) is 1.09. The second kappa shape index (κ2) is 11.2. The van der Waals surface area contributed by atoms with Gasteiger partial charge < -0.3 is 39.2 Å². The fourth-order valence-corrected chi connectivity index (χ4v) is 10.2. The van der Waals surface area contributed by atoms with Crippen LogP contribution in [0.4, 0.5) is 0 Å². The van der Waals surface area contributed by atoms with Crippen LogP contribution in [-0.4, -0.2) is 86.2 Å². The summed E-state index contributed by atoms with van der Waals surface area (Å²) in [6, 6.07) is 4.83. The van der Waals surface area contributed by atoms with Crippen molar-refractivity contribution in [3.63, 3.8) is 0 Å². The fraction of sp³-hybridized carbons (Fsp3) is 0.517. The molecule has 0 radical (unpaired) electrons. The van der Waals surface area contributed by atoms with Crippen molar-refractivity contribution in [2.75, 3.05) is 0 Å². The molecule has 4 N–H and O–H groups in total. The first kappa shape index (κ1) is 32.8. The maximum absolute atomic E-state index is 13.3. The summed E-state index contributed by atoms with van der Waals surface area (Å²) in [4.78, 5) is 78.7. The van der Waals surface area contributed by atoms with Crippen LogP contribution in [0.1, 0.15) is 57.2 Å². The minimum Gasteiger partial charge on any atom is -0.456 e. The van der Waals surface area contributed by atoms with Crippen LogP contribution in [-0.2, 0) is 56.5 Å². The normalized spacial score (nSPS) is 28.4. The zero-order valence-electron chi connectivity index (χ0n) is 25.8. The van der Waals surface area contributed by atoms with Crippen molar-refractivity contribution in [1.82, 2.24) is 15.1 Å². The van der Waals surface area contributed by atoms with Gasteiger partial charge in [-0.15, -0.1) is 11.8 Å². The highest BCUT2D eigenvalue weighted by Crippen LogP contribution is 2.51. The minimum atomic E-state index is -3.85. The van der Waals surface area contributed by atoms with Gasteiger partial charge in [-0.05, 0) is 27.7 Å². The van der Waals surface area contributed by atoms with E-state index in [0.29, 0.717) is 5.56 Å². The van der Waals surface area contributed by atoms with E-state index in [-0.39, 0.29) is 17.9 Å². The molecule has 16 nitrogen and oxygen atoms in total. The molecular formula is C29H33N4O12S2+. The number of thioether (sulfide) groups is 1. The van der Waals surface area contributed by atoms with E-state index in [4.69, 9.17) is 18.3 Å². The molecule has 18 heteroatoms. The lowest BCUT2D eigenvalue weighted by Crippen LogP contribution is -2.72. The minimum absolute atomic E-state index is 0.220. The lowest BCUT2D eigenvalue weighted by Gasteiger charge is -2.44. The van der Waals surface area contributed by atoms with Gasteiger partial charge in [0.1, 0.15) is 28.9 Å². The van der Waals surface area contributed by atoms with Crippen LogP contribution >= 0.6 is 11.8 Å². The van der Waals surface area contributed by atoms with E-state index >= 15 is 0 Å². The number of amides is 3. The van der Waals surface area contributed by atoms with Crippen LogP contribution in [0.25, 0.3) is 0 Å². The molecule has 4 aliphatic heterocycles. The number of esters is 2. The predicted molar refractivity (Wildman–Crippen MR) is 159 cm³/mol. The first-order valence-corrected chi connectivity index (χ1v) is 17.1. The lowest BCUT2D eigenvalue weighted by molar-refractivity contribution is -0.409. The number of sulfone groups is 1. The number of ether oxygens (including phenoxy) is 2. The van der Waals surface area contributed by atoms with E-state index in [1.165, 1.54) is 30.5 Å². The Hall–Kier alpha value is -4.16. The van der Waals surface area contributed by atoms with Gasteiger partial charge in [0.15, 0.2) is 40.6 Å². The summed E-state index contributed by atoms with van der Waals surface area (Å²) in [7, 11) is -3.85. The van der Waals surface area contributed by atoms with Gasteiger partial charge in [-0.1, -0.05) is 30.3 Å². The fourth-order valence-electron chi connectivity index (χ4n) is 6.41. The average molecular weight is 694 g/mol. The van der Waals surface area contributed by atoms with Gasteiger partial charge in [-0.25, -0.2) is 22.8 Å². The first-order chi connectivity index (χ1) is 22.0. The number of quaternary nitrogens is 1. The number of carbonyl (C=O) groups excluding carboxylic acids is 5. The molecule has 4 saturated heterocycles. The van der Waals surface area contributed by atoms with Gasteiger partial charge in [0.2, 0.25) is 11.8 Å². The number of β-lactam (4-membered cyclic amide) rings is 2. The highest BCUT2D eigenvalue weighted by atomic mass is 32.2. The van der Waals surface area contributed by atoms with Crippen LogP contribution in [0.5, 0.6) is 0 Å². The Balaban J connectivity index is 1.08. The number of benzene rings is 1. The molecule has 0 saturated carbocycles. The summed E-state index contributed by atoms with van der Waals surface area (Å²) < 4.78 is 43.8. The Labute approximate surface area is 272 Å². The van der Waals surface area contributed by atoms with E-state index in [0.717, 1.165) is 4.90 Å². The SMILES string of the molecule is CC1(C)S[C@@H]2[C@H](NC(=O)C([NH3+])c3ccccc3)C(=O)N2[C@H]1C(=O)OCc1oc(=O)oc1COC(=O)[C@@H]1N2C(=O)C[C@H]2S(=O)(=O)C1(C)C. The predicted octanol–water partition coefficient (Wildman–Crippen LogP) is -1.02. The van der Waals surface area contributed by atoms with Crippen molar-refractivity contribution < 1.29 is 56.4 Å². The monoisotopic (exact) mass is 693 g/mol. The molecule has 6 rings (SSSR count). The summed E-state index contributed by atoms with van der Waals surface area (Å²) >= 11 is 1.32. The Morgan fingerprint density at radius 2 is 1.55 bits per heavy atom. The number of fused-ring (bicyclic) bond motifs is 2. The zero-order valence-corrected chi connectivity index (χ0v) is 27.4. The van der Waals surface area contributed by atoms with Crippen molar-refractivity contribution in [3.8, 4) is 0 Å². The molecule has 252 valence electrons. The number of carbonyl (C=O) groups is 5. The van der Waals surface area contributed by atoms with Crippen LogP contribution in [0.2, 0.25) is 0 Å². The van der Waals surface area contributed by atoms with E-state index in [2.05, 4.69) is 11.1 Å². The van der Waals surface area contributed by atoms with Gasteiger partial charge in [0, 0.05) is 10.3 Å². The van der Waals surface area contributed by atoms with Gasteiger partial charge >= 0.3 is 17.8 Å². The van der Waals surface area contributed by atoms with Gasteiger partial charge in [-0.3, -0.25) is 14.4 Å². The van der Waals surface area contributed by atoms with Crippen molar-refractivity contribution in [2.45, 2.75) is 91.7 Å². The van der Waals surface area contributed by atoms with E-state index in [9.17, 15) is 37.2 Å². The largest absolute Gasteiger partial charge is 0.519 e. The molecule has 1 aromatic carbocycles.